The Labute approximate surface area is 100 Å². The third-order valence-corrected chi connectivity index (χ3v) is 2.81. The quantitative estimate of drug-likeness (QED) is 0.631. The van der Waals surface area contributed by atoms with E-state index in [0.717, 1.165) is 0 Å². The van der Waals surface area contributed by atoms with Gasteiger partial charge < -0.3 is 29.6 Å². The lowest BCUT2D eigenvalue weighted by Crippen LogP contribution is -2.48. The maximum atomic E-state index is 10.3. The predicted octanol–water partition coefficient (Wildman–Crippen LogP) is -1.22. The van der Waals surface area contributed by atoms with Crippen LogP contribution in [0.5, 0.6) is 0 Å². The molecule has 0 unspecified atom stereocenters. The molecule has 1 heterocycles. The van der Waals surface area contributed by atoms with Gasteiger partial charge in [-0.05, 0) is 26.7 Å². The van der Waals surface area contributed by atoms with Gasteiger partial charge in [0.05, 0.1) is 18.3 Å². The van der Waals surface area contributed by atoms with Gasteiger partial charge in [-0.3, -0.25) is 0 Å². The summed E-state index contributed by atoms with van der Waals surface area (Å²) in [6.45, 7) is 3.40. The summed E-state index contributed by atoms with van der Waals surface area (Å²) < 4.78 is 10.7. The Kier molecular flexibility index (Phi) is 5.32. The van der Waals surface area contributed by atoms with E-state index >= 15 is 0 Å². The van der Waals surface area contributed by atoms with Crippen molar-refractivity contribution in [2.45, 2.75) is 63.8 Å². The highest BCUT2D eigenvalue weighted by Gasteiger charge is 2.35. The summed E-state index contributed by atoms with van der Waals surface area (Å²) in [4.78, 5) is 10.3. The fourth-order valence-corrected chi connectivity index (χ4v) is 1.68. The molecule has 0 radical (unpaired) electrons. The molecule has 2 N–H and O–H groups in total. The molecule has 0 saturated carbocycles. The molecule has 0 amide bonds. The van der Waals surface area contributed by atoms with Crippen molar-refractivity contribution in [2.75, 3.05) is 0 Å². The number of aliphatic hydroxyl groups excluding tert-OH is 2. The number of aliphatic carboxylic acids is 1. The van der Waals surface area contributed by atoms with Crippen LogP contribution in [0.1, 0.15) is 33.1 Å². The summed E-state index contributed by atoms with van der Waals surface area (Å²) in [6, 6.07) is 0. The second-order valence-electron chi connectivity index (χ2n) is 4.44. The number of carboxylic acids is 1. The second-order valence-corrected chi connectivity index (χ2v) is 4.44. The van der Waals surface area contributed by atoms with Gasteiger partial charge in [-0.1, -0.05) is 0 Å². The van der Waals surface area contributed by atoms with Crippen molar-refractivity contribution in [3.8, 4) is 0 Å². The molecular formula is C11H19O6-. The van der Waals surface area contributed by atoms with Crippen LogP contribution >= 0.6 is 0 Å². The molecule has 0 aromatic heterocycles. The fraction of sp³-hybridized carbons (Fsp3) is 0.909. The summed E-state index contributed by atoms with van der Waals surface area (Å²) in [5.74, 6) is -1.13. The minimum absolute atomic E-state index is 0.0951. The Morgan fingerprint density at radius 1 is 1.53 bits per heavy atom. The minimum Gasteiger partial charge on any atom is -0.550 e. The fourth-order valence-electron chi connectivity index (χ4n) is 1.68. The smallest absolute Gasteiger partial charge is 0.184 e. The van der Waals surface area contributed by atoms with Crippen molar-refractivity contribution in [2.24, 2.45) is 0 Å². The van der Waals surface area contributed by atoms with E-state index in [2.05, 4.69) is 0 Å². The van der Waals surface area contributed by atoms with Gasteiger partial charge in [0.2, 0.25) is 0 Å². The Bertz CT molecular complexity index is 256. The Balaban J connectivity index is 2.37. The molecule has 0 aromatic rings. The molecule has 100 valence electrons. The summed E-state index contributed by atoms with van der Waals surface area (Å²) in [6.07, 6.45) is -2.78. The second kappa shape index (κ2) is 6.30. The van der Waals surface area contributed by atoms with Crippen LogP contribution in [0, 0.1) is 0 Å². The van der Waals surface area contributed by atoms with Crippen LogP contribution in [0.4, 0.5) is 0 Å². The highest BCUT2D eigenvalue weighted by molar-refractivity contribution is 5.64. The number of carbonyl (C=O) groups is 1. The molecule has 1 rings (SSSR count). The summed E-state index contributed by atoms with van der Waals surface area (Å²) >= 11 is 0. The van der Waals surface area contributed by atoms with Crippen molar-refractivity contribution in [1.82, 2.24) is 0 Å². The maximum absolute atomic E-state index is 10.3. The average molecular weight is 247 g/mol. The van der Waals surface area contributed by atoms with Gasteiger partial charge in [-0.15, -0.1) is 0 Å². The molecule has 6 nitrogen and oxygen atoms in total. The molecule has 0 bridgehead atoms. The standard InChI is InChI=1S/C11H20O6/c1-6(3-4-10(14)15)16-11-9(13)5-8(12)7(2)17-11/h6-9,11-13H,3-5H2,1-2H3,(H,14,15)/p-1/t6-,7+,8-,9-,11-/m1/s1. The van der Waals surface area contributed by atoms with E-state index in [4.69, 9.17) is 9.47 Å². The van der Waals surface area contributed by atoms with Gasteiger partial charge in [-0.25, -0.2) is 0 Å². The van der Waals surface area contributed by atoms with E-state index in [1.165, 1.54) is 0 Å². The summed E-state index contributed by atoms with van der Waals surface area (Å²) in [5, 5.41) is 29.4. The van der Waals surface area contributed by atoms with Gasteiger partial charge in [0.25, 0.3) is 0 Å². The van der Waals surface area contributed by atoms with E-state index in [0.29, 0.717) is 6.42 Å². The van der Waals surface area contributed by atoms with Crippen LogP contribution in [0.15, 0.2) is 0 Å². The number of hydrogen-bond donors (Lipinski definition) is 2. The van der Waals surface area contributed by atoms with Gasteiger partial charge in [0, 0.05) is 12.4 Å². The van der Waals surface area contributed by atoms with Gasteiger partial charge in [-0.2, -0.15) is 0 Å². The van der Waals surface area contributed by atoms with Crippen molar-refractivity contribution in [3.63, 3.8) is 0 Å². The number of ether oxygens (including phenoxy) is 2. The van der Waals surface area contributed by atoms with Gasteiger partial charge >= 0.3 is 0 Å². The van der Waals surface area contributed by atoms with E-state index < -0.39 is 30.6 Å². The van der Waals surface area contributed by atoms with E-state index in [1.807, 2.05) is 0 Å². The SMILES string of the molecule is C[C@H](CCC(=O)[O-])O[C@@H]1O[C@@H](C)[C@H](O)C[C@H]1O. The molecule has 1 fully saturated rings. The van der Waals surface area contributed by atoms with Crippen LogP contribution in [-0.4, -0.2) is 46.9 Å². The number of rotatable bonds is 5. The summed E-state index contributed by atoms with van der Waals surface area (Å²) in [7, 11) is 0. The van der Waals surface area contributed by atoms with Crippen LogP contribution < -0.4 is 5.11 Å². The zero-order valence-corrected chi connectivity index (χ0v) is 10.0. The number of carbonyl (C=O) groups excluding carboxylic acids is 1. The van der Waals surface area contributed by atoms with Gasteiger partial charge in [0.1, 0.15) is 6.10 Å². The zero-order valence-electron chi connectivity index (χ0n) is 10.0. The third-order valence-electron chi connectivity index (χ3n) is 2.81. The number of aliphatic hydroxyl groups is 2. The molecule has 0 spiro atoms. The van der Waals surface area contributed by atoms with Crippen molar-refractivity contribution in [3.05, 3.63) is 0 Å². The normalized spacial score (nSPS) is 35.5. The first-order chi connectivity index (χ1) is 7.90. The van der Waals surface area contributed by atoms with E-state index in [-0.39, 0.29) is 18.9 Å². The molecular weight excluding hydrogens is 228 g/mol. The highest BCUT2D eigenvalue weighted by atomic mass is 16.7. The Morgan fingerprint density at radius 3 is 2.76 bits per heavy atom. The topological polar surface area (TPSA) is 99.1 Å². The number of hydrogen-bond acceptors (Lipinski definition) is 6. The lowest BCUT2D eigenvalue weighted by Gasteiger charge is -2.36. The predicted molar refractivity (Wildman–Crippen MR) is 55.8 cm³/mol. The molecule has 17 heavy (non-hydrogen) atoms. The van der Waals surface area contributed by atoms with Crippen LogP contribution in [0.3, 0.4) is 0 Å². The van der Waals surface area contributed by atoms with Crippen LogP contribution in [0.2, 0.25) is 0 Å². The molecule has 1 saturated heterocycles. The maximum Gasteiger partial charge on any atom is 0.184 e. The largest absolute Gasteiger partial charge is 0.550 e. The molecule has 0 aliphatic carbocycles. The third kappa shape index (κ3) is 4.59. The minimum atomic E-state index is -1.13. The summed E-state index contributed by atoms with van der Waals surface area (Å²) in [5.41, 5.74) is 0. The first-order valence-corrected chi connectivity index (χ1v) is 5.77. The monoisotopic (exact) mass is 247 g/mol. The van der Waals surface area contributed by atoms with E-state index in [1.54, 1.807) is 13.8 Å². The van der Waals surface area contributed by atoms with Crippen molar-refractivity contribution in [1.29, 1.82) is 0 Å². The molecule has 0 aromatic carbocycles. The Hall–Kier alpha value is -0.690. The first kappa shape index (κ1) is 14.4. The lowest BCUT2D eigenvalue weighted by atomic mass is 10.0. The first-order valence-electron chi connectivity index (χ1n) is 5.77. The Morgan fingerprint density at radius 2 is 2.18 bits per heavy atom. The zero-order chi connectivity index (χ0) is 13.0. The average Bonchev–Trinajstić information content (AvgIpc) is 2.23. The molecule has 6 heteroatoms. The molecule has 1 aliphatic heterocycles. The molecule has 5 atom stereocenters. The highest BCUT2D eigenvalue weighted by Crippen LogP contribution is 2.22. The van der Waals surface area contributed by atoms with E-state index in [9.17, 15) is 20.1 Å². The number of carboxylic acid groups (broad SMARTS) is 1. The lowest BCUT2D eigenvalue weighted by molar-refractivity contribution is -0.307. The molecule has 1 aliphatic rings. The van der Waals surface area contributed by atoms with Crippen molar-refractivity contribution >= 4 is 5.97 Å². The van der Waals surface area contributed by atoms with Crippen LogP contribution in [0.25, 0.3) is 0 Å². The van der Waals surface area contributed by atoms with Crippen molar-refractivity contribution < 1.29 is 29.6 Å². The van der Waals surface area contributed by atoms with Crippen LogP contribution in [-0.2, 0) is 14.3 Å². The van der Waals surface area contributed by atoms with Gasteiger partial charge in [0.15, 0.2) is 6.29 Å².